The minimum Gasteiger partial charge on any atom is -0.508 e. The van der Waals surface area contributed by atoms with Crippen molar-refractivity contribution >= 4 is 40.9 Å². The lowest BCUT2D eigenvalue weighted by Gasteiger charge is -2.39. The molecule has 0 radical (unpaired) electrons. The van der Waals surface area contributed by atoms with Crippen molar-refractivity contribution in [2.45, 2.75) is 38.8 Å². The van der Waals surface area contributed by atoms with Crippen molar-refractivity contribution in [3.63, 3.8) is 0 Å². The first-order valence-electron chi connectivity index (χ1n) is 11.2. The van der Waals surface area contributed by atoms with Gasteiger partial charge in [0, 0.05) is 45.3 Å². The van der Waals surface area contributed by atoms with Gasteiger partial charge >= 0.3 is 6.09 Å². The van der Waals surface area contributed by atoms with E-state index < -0.39 is 17.7 Å². The molecule has 1 fully saturated rings. The number of phenolic OH excluding ortho intramolecular Hbond substituents is 1. The molecule has 184 valence electrons. The number of aromatic hydroxyl groups is 1. The highest BCUT2D eigenvalue weighted by molar-refractivity contribution is 6.42. The van der Waals surface area contributed by atoms with E-state index in [1.54, 1.807) is 63.1 Å². The molecule has 1 saturated heterocycles. The van der Waals surface area contributed by atoms with Gasteiger partial charge in [-0.3, -0.25) is 9.69 Å². The van der Waals surface area contributed by atoms with E-state index in [0.29, 0.717) is 42.6 Å². The number of carbonyl (C=O) groups is 2. The van der Waals surface area contributed by atoms with Crippen molar-refractivity contribution in [3.8, 4) is 5.75 Å². The molecule has 2 amide bonds. The largest absolute Gasteiger partial charge is 0.508 e. The third-order valence-electron chi connectivity index (χ3n) is 5.66. The van der Waals surface area contributed by atoms with Gasteiger partial charge in [-0.05, 0) is 56.7 Å². The highest BCUT2D eigenvalue weighted by atomic mass is 35.5. The van der Waals surface area contributed by atoms with E-state index in [1.807, 2.05) is 12.1 Å². The summed E-state index contributed by atoms with van der Waals surface area (Å²) in [6.45, 7) is 7.64. The van der Waals surface area contributed by atoms with E-state index >= 15 is 0 Å². The normalized spacial score (nSPS) is 15.1. The molecule has 0 saturated carbocycles. The average Bonchev–Trinajstić information content (AvgIpc) is 2.78. The second-order valence-electron chi connectivity index (χ2n) is 9.39. The van der Waals surface area contributed by atoms with Crippen molar-refractivity contribution < 1.29 is 19.4 Å². The number of amides is 2. The van der Waals surface area contributed by atoms with Gasteiger partial charge < -0.3 is 19.6 Å². The topological polar surface area (TPSA) is 73.3 Å². The molecule has 2 aromatic rings. The van der Waals surface area contributed by atoms with Crippen molar-refractivity contribution in [1.29, 1.82) is 0 Å². The van der Waals surface area contributed by atoms with Crippen LogP contribution in [-0.4, -0.2) is 71.8 Å². The summed E-state index contributed by atoms with van der Waals surface area (Å²) in [7, 11) is 1.59. The van der Waals surface area contributed by atoms with Crippen molar-refractivity contribution in [2.75, 3.05) is 38.1 Å². The Hall–Kier alpha value is -2.64. The van der Waals surface area contributed by atoms with Crippen molar-refractivity contribution in [1.82, 2.24) is 9.80 Å². The van der Waals surface area contributed by atoms with Gasteiger partial charge in [-0.15, -0.1) is 0 Å². The number of phenols is 1. The quantitative estimate of drug-likeness (QED) is 0.627. The zero-order valence-corrected chi connectivity index (χ0v) is 21.4. The van der Waals surface area contributed by atoms with E-state index in [0.717, 1.165) is 11.3 Å². The van der Waals surface area contributed by atoms with E-state index in [4.69, 9.17) is 27.9 Å². The van der Waals surface area contributed by atoms with E-state index in [-0.39, 0.29) is 11.7 Å². The zero-order chi connectivity index (χ0) is 25.0. The number of hydrogen-bond donors (Lipinski definition) is 1. The van der Waals surface area contributed by atoms with E-state index in [9.17, 15) is 14.7 Å². The molecule has 1 aliphatic heterocycles. The minimum absolute atomic E-state index is 0.143. The van der Waals surface area contributed by atoms with Crippen LogP contribution in [0.2, 0.25) is 10.0 Å². The number of halogens is 2. The molecule has 3 rings (SSSR count). The number of hydrogen-bond acceptors (Lipinski definition) is 5. The molecule has 34 heavy (non-hydrogen) atoms. The average molecular weight is 508 g/mol. The third kappa shape index (κ3) is 6.70. The maximum absolute atomic E-state index is 13.6. The van der Waals surface area contributed by atoms with Crippen LogP contribution in [0.5, 0.6) is 5.75 Å². The summed E-state index contributed by atoms with van der Waals surface area (Å²) in [5.74, 6) is 0.000714. The third-order valence-corrected chi connectivity index (χ3v) is 6.40. The number of anilines is 1. The Labute approximate surface area is 210 Å². The minimum atomic E-state index is -0.740. The smallest absolute Gasteiger partial charge is 0.410 e. The maximum Gasteiger partial charge on any atom is 0.410 e. The van der Waals surface area contributed by atoms with Gasteiger partial charge in [0.05, 0.1) is 10.0 Å². The molecule has 7 nitrogen and oxygen atoms in total. The lowest BCUT2D eigenvalue weighted by atomic mass is 10.0. The Morgan fingerprint density at radius 1 is 1.03 bits per heavy atom. The number of ether oxygens (including phenoxy) is 1. The Morgan fingerprint density at radius 3 is 2.21 bits per heavy atom. The molecule has 0 bridgehead atoms. The summed E-state index contributed by atoms with van der Waals surface area (Å²) >= 11 is 12.2. The van der Waals surface area contributed by atoms with Crippen LogP contribution in [0.3, 0.4) is 0 Å². The summed E-state index contributed by atoms with van der Waals surface area (Å²) in [6, 6.07) is 11.4. The molecular weight excluding hydrogens is 477 g/mol. The number of rotatable bonds is 5. The molecule has 2 aromatic carbocycles. The summed E-state index contributed by atoms with van der Waals surface area (Å²) in [4.78, 5) is 31.7. The van der Waals surface area contributed by atoms with Crippen molar-refractivity contribution in [2.24, 2.45) is 0 Å². The fourth-order valence-electron chi connectivity index (χ4n) is 3.78. The van der Waals surface area contributed by atoms with Crippen LogP contribution in [0.15, 0.2) is 42.5 Å². The van der Waals surface area contributed by atoms with Crippen LogP contribution in [0, 0.1) is 0 Å². The first-order valence-corrected chi connectivity index (χ1v) is 11.9. The van der Waals surface area contributed by atoms with Crippen molar-refractivity contribution in [3.05, 3.63) is 58.1 Å². The van der Waals surface area contributed by atoms with Crippen LogP contribution in [-0.2, 0) is 16.0 Å². The Morgan fingerprint density at radius 2 is 1.65 bits per heavy atom. The number of piperazine rings is 1. The zero-order valence-electron chi connectivity index (χ0n) is 19.9. The number of nitrogens with zero attached hydrogens (tertiary/aromatic N) is 3. The molecule has 0 spiro atoms. The van der Waals surface area contributed by atoms with E-state index in [1.165, 1.54) is 4.90 Å². The summed E-state index contributed by atoms with van der Waals surface area (Å²) in [6.07, 6.45) is -0.249. The van der Waals surface area contributed by atoms with Gasteiger partial charge in [-0.1, -0.05) is 35.3 Å². The molecule has 1 heterocycles. The Bertz CT molecular complexity index is 1020. The number of benzene rings is 2. The molecule has 1 aliphatic rings. The van der Waals surface area contributed by atoms with Gasteiger partial charge in [-0.2, -0.15) is 0 Å². The second-order valence-corrected chi connectivity index (χ2v) is 10.2. The van der Waals surface area contributed by atoms with Crippen LogP contribution in [0.4, 0.5) is 10.5 Å². The Kier molecular flexibility index (Phi) is 8.21. The standard InChI is InChI=1S/C25H31Cl2N3O4/c1-25(2,3)34-24(33)28(4)22(15-17-5-8-19(31)9-6-17)23(32)30-13-11-29(12-14-30)18-7-10-20(26)21(27)16-18/h5-10,16,22,31H,11-15H2,1-4H3. The van der Waals surface area contributed by atoms with Crippen LogP contribution in [0.1, 0.15) is 26.3 Å². The van der Waals surface area contributed by atoms with Gasteiger partial charge in [0.15, 0.2) is 0 Å². The van der Waals surface area contributed by atoms with Crippen LogP contribution >= 0.6 is 23.2 Å². The van der Waals surface area contributed by atoms with Gasteiger partial charge in [-0.25, -0.2) is 4.79 Å². The number of likely N-dealkylation sites (N-methyl/N-ethyl adjacent to an activating group) is 1. The van der Waals surface area contributed by atoms with Gasteiger partial charge in [0.2, 0.25) is 5.91 Å². The second kappa shape index (κ2) is 10.7. The predicted octanol–water partition coefficient (Wildman–Crippen LogP) is 4.83. The molecule has 1 N–H and O–H groups in total. The lowest BCUT2D eigenvalue weighted by molar-refractivity contribution is -0.136. The predicted molar refractivity (Wildman–Crippen MR) is 135 cm³/mol. The first kappa shape index (κ1) is 26.0. The summed E-state index contributed by atoms with van der Waals surface area (Å²) in [5.41, 5.74) is 1.11. The van der Waals surface area contributed by atoms with Crippen LogP contribution in [0.25, 0.3) is 0 Å². The number of carbonyl (C=O) groups excluding carboxylic acids is 2. The molecule has 0 aromatic heterocycles. The first-order chi connectivity index (χ1) is 15.9. The molecule has 9 heteroatoms. The highest BCUT2D eigenvalue weighted by Gasteiger charge is 2.34. The highest BCUT2D eigenvalue weighted by Crippen LogP contribution is 2.28. The SMILES string of the molecule is CN(C(=O)OC(C)(C)C)C(Cc1ccc(O)cc1)C(=O)N1CCN(c2ccc(Cl)c(Cl)c2)CC1. The molecule has 1 unspecified atom stereocenters. The summed E-state index contributed by atoms with van der Waals surface area (Å²) in [5, 5.41) is 10.6. The summed E-state index contributed by atoms with van der Waals surface area (Å²) < 4.78 is 5.52. The molecular formula is C25H31Cl2N3O4. The fourth-order valence-corrected chi connectivity index (χ4v) is 4.08. The van der Waals surface area contributed by atoms with Gasteiger partial charge in [0.1, 0.15) is 17.4 Å². The van der Waals surface area contributed by atoms with E-state index in [2.05, 4.69) is 4.90 Å². The maximum atomic E-state index is 13.6. The van der Waals surface area contributed by atoms with Gasteiger partial charge in [0.25, 0.3) is 0 Å². The lowest BCUT2D eigenvalue weighted by Crippen LogP contribution is -2.56. The fraction of sp³-hybridized carbons (Fsp3) is 0.440. The molecule has 0 aliphatic carbocycles. The molecule has 1 atom stereocenters. The monoisotopic (exact) mass is 507 g/mol. The van der Waals surface area contributed by atoms with Crippen LogP contribution < -0.4 is 4.90 Å². The Balaban J connectivity index is 1.74.